The fraction of sp³-hybridized carbons (Fsp3) is 0.333. The van der Waals surface area contributed by atoms with Gasteiger partial charge in [-0.2, -0.15) is 0 Å². The number of benzene rings is 1. The highest BCUT2D eigenvalue weighted by atomic mass is 16.5. The number of esters is 1. The normalized spacial score (nSPS) is 13.4. The first kappa shape index (κ1) is 14.3. The molecule has 0 saturated carbocycles. The van der Waals surface area contributed by atoms with Crippen LogP contribution in [-0.2, 0) is 9.53 Å². The molecule has 1 aliphatic rings. The predicted octanol–water partition coefficient (Wildman–Crippen LogP) is 1.64. The molecule has 1 heterocycles. The van der Waals surface area contributed by atoms with Crippen LogP contribution in [-0.4, -0.2) is 32.1 Å². The lowest BCUT2D eigenvalue weighted by Crippen LogP contribution is -2.36. The van der Waals surface area contributed by atoms with Crippen LogP contribution < -0.4 is 10.6 Å². The number of rotatable bonds is 3. The molecule has 1 amide bonds. The highest BCUT2D eigenvalue weighted by Gasteiger charge is 2.17. The summed E-state index contributed by atoms with van der Waals surface area (Å²) >= 11 is 0. The Bertz CT molecular complexity index is 585. The highest BCUT2D eigenvalue weighted by molar-refractivity contribution is 6.05. The molecule has 1 saturated heterocycles. The van der Waals surface area contributed by atoms with Gasteiger partial charge in [0.25, 0.3) is 5.91 Å². The third-order valence-electron chi connectivity index (χ3n) is 3.45. The van der Waals surface area contributed by atoms with Crippen LogP contribution in [0.25, 0.3) is 0 Å². The zero-order valence-electron chi connectivity index (χ0n) is 11.9. The van der Waals surface area contributed by atoms with Crippen LogP contribution in [0.4, 0.5) is 5.69 Å². The van der Waals surface area contributed by atoms with Gasteiger partial charge in [-0.05, 0) is 37.1 Å². The molecule has 2 N–H and O–H groups in total. The third-order valence-corrected chi connectivity index (χ3v) is 3.45. The number of carbonyl (C=O) groups excluding carboxylic acids is 2. The number of anilines is 1. The van der Waals surface area contributed by atoms with Gasteiger partial charge in [-0.15, -0.1) is 0 Å². The van der Waals surface area contributed by atoms with Crippen molar-refractivity contribution in [2.24, 2.45) is 0 Å². The van der Waals surface area contributed by atoms with Crippen molar-refractivity contribution >= 4 is 17.6 Å². The van der Waals surface area contributed by atoms with Gasteiger partial charge in [0.2, 0.25) is 0 Å². The Balaban J connectivity index is 2.20. The summed E-state index contributed by atoms with van der Waals surface area (Å²) in [5.41, 5.74) is 3.79. The summed E-state index contributed by atoms with van der Waals surface area (Å²) < 4.78 is 4.68. The second-order valence-electron chi connectivity index (χ2n) is 4.81. The number of amides is 1. The van der Waals surface area contributed by atoms with E-state index < -0.39 is 5.97 Å². The molecule has 0 spiro atoms. The SMILES string of the molecule is COC(=O)c1ccc(C)c(NC(=O)C(C)=C2CNC2)c1. The summed E-state index contributed by atoms with van der Waals surface area (Å²) in [6.07, 6.45) is 0. The minimum atomic E-state index is -0.418. The van der Waals surface area contributed by atoms with Crippen molar-refractivity contribution in [3.63, 3.8) is 0 Å². The van der Waals surface area contributed by atoms with Gasteiger partial charge in [-0.1, -0.05) is 6.07 Å². The first-order valence-electron chi connectivity index (χ1n) is 6.42. The standard InChI is InChI=1S/C15H18N2O3/c1-9-4-5-11(15(19)20-3)6-13(9)17-14(18)10(2)12-7-16-8-12/h4-6,16H,7-8H2,1-3H3,(H,17,18). The van der Waals surface area contributed by atoms with Crippen LogP contribution in [0.2, 0.25) is 0 Å². The Morgan fingerprint density at radius 1 is 1.30 bits per heavy atom. The van der Waals surface area contributed by atoms with E-state index in [1.54, 1.807) is 18.2 Å². The molecule has 0 atom stereocenters. The molecule has 0 bridgehead atoms. The smallest absolute Gasteiger partial charge is 0.337 e. The lowest BCUT2D eigenvalue weighted by molar-refractivity contribution is -0.112. The summed E-state index contributed by atoms with van der Waals surface area (Å²) in [6.45, 7) is 5.22. The maximum atomic E-state index is 12.1. The van der Waals surface area contributed by atoms with Crippen molar-refractivity contribution < 1.29 is 14.3 Å². The molecule has 0 aliphatic carbocycles. The number of aryl methyl sites for hydroxylation is 1. The quantitative estimate of drug-likeness (QED) is 0.649. The molecular weight excluding hydrogens is 256 g/mol. The average Bonchev–Trinajstić information content (AvgIpc) is 2.38. The van der Waals surface area contributed by atoms with Crippen molar-refractivity contribution in [3.05, 3.63) is 40.5 Å². The topological polar surface area (TPSA) is 67.4 Å². The van der Waals surface area contributed by atoms with Crippen LogP contribution in [0.1, 0.15) is 22.8 Å². The van der Waals surface area contributed by atoms with E-state index in [9.17, 15) is 9.59 Å². The highest BCUT2D eigenvalue weighted by Crippen LogP contribution is 2.19. The number of ether oxygens (including phenoxy) is 1. The Kier molecular flexibility index (Phi) is 4.20. The van der Waals surface area contributed by atoms with Gasteiger partial charge in [0.15, 0.2) is 0 Å². The molecule has 5 heteroatoms. The summed E-state index contributed by atoms with van der Waals surface area (Å²) in [7, 11) is 1.33. The van der Waals surface area contributed by atoms with Crippen LogP contribution in [0.15, 0.2) is 29.3 Å². The van der Waals surface area contributed by atoms with Gasteiger partial charge in [0, 0.05) is 24.4 Å². The van der Waals surface area contributed by atoms with E-state index in [0.717, 1.165) is 29.8 Å². The second kappa shape index (κ2) is 5.88. The molecule has 1 aliphatic heterocycles. The first-order valence-corrected chi connectivity index (χ1v) is 6.42. The molecule has 2 rings (SSSR count). The van der Waals surface area contributed by atoms with Crippen molar-refractivity contribution in [2.45, 2.75) is 13.8 Å². The number of methoxy groups -OCH3 is 1. The molecule has 1 aromatic carbocycles. The Morgan fingerprint density at radius 2 is 2.00 bits per heavy atom. The molecular formula is C15H18N2O3. The van der Waals surface area contributed by atoms with E-state index in [1.807, 2.05) is 13.8 Å². The maximum Gasteiger partial charge on any atom is 0.337 e. The van der Waals surface area contributed by atoms with E-state index in [2.05, 4.69) is 15.4 Å². The summed E-state index contributed by atoms with van der Waals surface area (Å²) in [5.74, 6) is -0.551. The van der Waals surface area contributed by atoms with Crippen LogP contribution in [0.5, 0.6) is 0 Å². The largest absolute Gasteiger partial charge is 0.465 e. The minimum absolute atomic E-state index is 0.133. The van der Waals surface area contributed by atoms with Crippen molar-refractivity contribution in [3.8, 4) is 0 Å². The fourth-order valence-corrected chi connectivity index (χ4v) is 1.89. The Morgan fingerprint density at radius 3 is 2.55 bits per heavy atom. The Labute approximate surface area is 118 Å². The lowest BCUT2D eigenvalue weighted by Gasteiger charge is -2.21. The zero-order valence-corrected chi connectivity index (χ0v) is 11.9. The molecule has 0 radical (unpaired) electrons. The van der Waals surface area contributed by atoms with Gasteiger partial charge in [0.1, 0.15) is 0 Å². The van der Waals surface area contributed by atoms with Gasteiger partial charge < -0.3 is 15.4 Å². The molecule has 0 unspecified atom stereocenters. The van der Waals surface area contributed by atoms with Crippen molar-refractivity contribution in [1.82, 2.24) is 5.32 Å². The van der Waals surface area contributed by atoms with E-state index in [4.69, 9.17) is 0 Å². The molecule has 5 nitrogen and oxygen atoms in total. The van der Waals surface area contributed by atoms with Crippen molar-refractivity contribution in [2.75, 3.05) is 25.5 Å². The monoisotopic (exact) mass is 274 g/mol. The number of hydrogen-bond acceptors (Lipinski definition) is 4. The minimum Gasteiger partial charge on any atom is -0.465 e. The van der Waals surface area contributed by atoms with E-state index in [1.165, 1.54) is 7.11 Å². The predicted molar refractivity (Wildman–Crippen MR) is 76.7 cm³/mol. The molecule has 1 aromatic rings. The lowest BCUT2D eigenvalue weighted by atomic mass is 10.0. The van der Waals surface area contributed by atoms with Crippen molar-refractivity contribution in [1.29, 1.82) is 0 Å². The maximum absolute atomic E-state index is 12.1. The molecule has 20 heavy (non-hydrogen) atoms. The van der Waals surface area contributed by atoms with Gasteiger partial charge in [-0.25, -0.2) is 4.79 Å². The van der Waals surface area contributed by atoms with Gasteiger partial charge >= 0.3 is 5.97 Å². The Hall–Kier alpha value is -2.14. The first-order chi connectivity index (χ1) is 9.52. The fourth-order valence-electron chi connectivity index (χ4n) is 1.89. The third kappa shape index (κ3) is 2.88. The summed E-state index contributed by atoms with van der Waals surface area (Å²) in [4.78, 5) is 23.6. The molecule has 0 aromatic heterocycles. The van der Waals surface area contributed by atoms with Crippen LogP contribution >= 0.6 is 0 Å². The van der Waals surface area contributed by atoms with Gasteiger partial charge in [0.05, 0.1) is 12.7 Å². The number of carbonyl (C=O) groups is 2. The molecule has 1 fully saturated rings. The number of nitrogens with one attached hydrogen (secondary N) is 2. The average molecular weight is 274 g/mol. The van der Waals surface area contributed by atoms with Gasteiger partial charge in [-0.3, -0.25) is 4.79 Å². The summed E-state index contributed by atoms with van der Waals surface area (Å²) in [6, 6.07) is 5.10. The second-order valence-corrected chi connectivity index (χ2v) is 4.81. The summed E-state index contributed by atoms with van der Waals surface area (Å²) in [5, 5.41) is 5.95. The zero-order chi connectivity index (χ0) is 14.7. The van der Waals surface area contributed by atoms with E-state index in [0.29, 0.717) is 11.3 Å². The molecule has 106 valence electrons. The van der Waals surface area contributed by atoms with Crippen LogP contribution in [0.3, 0.4) is 0 Å². The van der Waals surface area contributed by atoms with E-state index >= 15 is 0 Å². The van der Waals surface area contributed by atoms with Crippen LogP contribution in [0, 0.1) is 6.92 Å². The number of hydrogen-bond donors (Lipinski definition) is 2. The van der Waals surface area contributed by atoms with E-state index in [-0.39, 0.29) is 5.91 Å².